The molecule has 0 aliphatic heterocycles. The van der Waals surface area contributed by atoms with Crippen LogP contribution in [-0.4, -0.2) is 94.3 Å². The minimum atomic E-state index is -2.68. The average Bonchev–Trinajstić information content (AvgIpc) is 3.28. The molecule has 1 heterocycles. The molecular weight excluding hydrogens is 506 g/mol. The van der Waals surface area contributed by atoms with Crippen LogP contribution in [0.2, 0.25) is 0 Å². The number of hydrogen-bond donors (Lipinski definition) is 4. The van der Waals surface area contributed by atoms with E-state index in [0.29, 0.717) is 29.2 Å². The van der Waals surface area contributed by atoms with Gasteiger partial charge in [0.1, 0.15) is 23.2 Å². The Morgan fingerprint density at radius 3 is 2.41 bits per heavy atom. The lowest BCUT2D eigenvalue weighted by atomic mass is 9.52. The number of nitrogens with zero attached hydrogens (tertiary/aromatic N) is 2. The number of aromatic hydroxyl groups is 1. The first-order chi connectivity index (χ1) is 18.3. The Labute approximate surface area is 225 Å². The molecule has 0 bridgehead atoms. The molecule has 2 saturated carbocycles. The Morgan fingerprint density at radius 2 is 1.79 bits per heavy atom. The summed E-state index contributed by atoms with van der Waals surface area (Å²) in [5.41, 5.74) is 3.80. The number of fused-ring (bicyclic) bond motifs is 3. The number of furan rings is 1. The van der Waals surface area contributed by atoms with E-state index in [1.165, 1.54) is 6.07 Å². The van der Waals surface area contributed by atoms with Gasteiger partial charge in [0.05, 0.1) is 24.1 Å². The smallest absolute Gasteiger partial charge is 0.230 e. The fraction of sp³-hybridized carbons (Fsp3) is 0.500. The van der Waals surface area contributed by atoms with Gasteiger partial charge in [-0.15, -0.1) is 0 Å². The Hall–Kier alpha value is -3.38. The van der Waals surface area contributed by atoms with E-state index in [1.807, 2.05) is 25.1 Å². The van der Waals surface area contributed by atoms with Crippen LogP contribution in [0.4, 0.5) is 0 Å². The maximum atomic E-state index is 13.9. The molecule has 11 nitrogen and oxygen atoms in total. The first kappa shape index (κ1) is 27.2. The lowest BCUT2D eigenvalue weighted by molar-refractivity contribution is -0.190. The highest BCUT2D eigenvalue weighted by Gasteiger charge is 2.69. The van der Waals surface area contributed by atoms with Crippen LogP contribution in [0.25, 0.3) is 11.3 Å². The summed E-state index contributed by atoms with van der Waals surface area (Å²) >= 11 is 0. The number of phenols is 1. The Kier molecular flexibility index (Phi) is 6.53. The maximum absolute atomic E-state index is 13.9. The lowest BCUT2D eigenvalue weighted by Crippen LogP contribution is -2.75. The van der Waals surface area contributed by atoms with Gasteiger partial charge < -0.3 is 35.3 Å². The predicted octanol–water partition coefficient (Wildman–Crippen LogP) is -0.0196. The van der Waals surface area contributed by atoms with Gasteiger partial charge in [0, 0.05) is 17.5 Å². The first-order valence-corrected chi connectivity index (χ1v) is 12.9. The number of aliphatic hydroxyl groups is 2. The number of ketones is 3. The number of rotatable bonds is 5. The van der Waals surface area contributed by atoms with Gasteiger partial charge in [-0.2, -0.15) is 0 Å². The van der Waals surface area contributed by atoms with E-state index in [-0.39, 0.29) is 24.2 Å². The molecule has 3 unspecified atom stereocenters. The van der Waals surface area contributed by atoms with Gasteiger partial charge in [-0.3, -0.25) is 19.2 Å². The first-order valence-electron chi connectivity index (χ1n) is 12.9. The third-order valence-corrected chi connectivity index (χ3v) is 8.57. The lowest BCUT2D eigenvalue weighted by Gasteiger charge is -2.54. The zero-order valence-corrected chi connectivity index (χ0v) is 22.2. The van der Waals surface area contributed by atoms with Crippen molar-refractivity contribution in [1.29, 1.82) is 0 Å². The van der Waals surface area contributed by atoms with Gasteiger partial charge >= 0.3 is 0 Å². The quantitative estimate of drug-likeness (QED) is 0.378. The third kappa shape index (κ3) is 3.95. The number of carbonyl (C=O) groups excluding carboxylic acids is 4. The van der Waals surface area contributed by atoms with Crippen molar-refractivity contribution in [3.05, 3.63) is 41.2 Å². The molecule has 1 aromatic carbocycles. The fourth-order valence-corrected chi connectivity index (χ4v) is 6.97. The molecule has 1 amide bonds. The van der Waals surface area contributed by atoms with E-state index < -0.39 is 64.7 Å². The summed E-state index contributed by atoms with van der Waals surface area (Å²) in [5.74, 6) is -8.07. The molecule has 208 valence electrons. The number of hydrogen-bond acceptors (Lipinski definition) is 10. The van der Waals surface area contributed by atoms with Crippen molar-refractivity contribution in [2.24, 2.45) is 29.4 Å². The van der Waals surface area contributed by atoms with Gasteiger partial charge in [-0.05, 0) is 76.8 Å². The minimum absolute atomic E-state index is 0.0476. The summed E-state index contributed by atoms with van der Waals surface area (Å²) in [6.07, 6.45) is -1.29. The summed E-state index contributed by atoms with van der Waals surface area (Å²) in [4.78, 5) is 56.8. The largest absolute Gasteiger partial charge is 0.507 e. The molecule has 11 heteroatoms. The molecule has 0 spiro atoms. The highest BCUT2D eigenvalue weighted by atomic mass is 16.3. The molecule has 5 rings (SSSR count). The number of primary amides is 1. The van der Waals surface area contributed by atoms with E-state index in [1.54, 1.807) is 31.1 Å². The Balaban J connectivity index is 1.61. The van der Waals surface area contributed by atoms with Gasteiger partial charge in [0.25, 0.3) is 0 Å². The van der Waals surface area contributed by atoms with Crippen LogP contribution in [0.5, 0.6) is 5.75 Å². The summed E-state index contributed by atoms with van der Waals surface area (Å²) < 4.78 is 6.02. The average molecular weight is 540 g/mol. The van der Waals surface area contributed by atoms with Crippen LogP contribution in [0, 0.1) is 23.7 Å². The molecule has 0 radical (unpaired) electrons. The zero-order chi connectivity index (χ0) is 28.5. The molecule has 39 heavy (non-hydrogen) atoms. The van der Waals surface area contributed by atoms with Crippen LogP contribution in [-0.2, 0) is 27.3 Å². The summed E-state index contributed by atoms with van der Waals surface area (Å²) in [6, 6.07) is 5.69. The standard InChI is InChI=1S/C28H33N3O8/c1-30(2)11-13-5-8-18(39-13)14-6-7-17(32)20-15(14)9-12-10-16-22(31(3)4)24(34)21(27(29)37)26(36)28(16,38)25(35)19(12)23(20)33/h5-8,12,16,19,21-22,24,32,34,38H,9-11H2,1-4H3,(H2,29,37)/t12-,16-,19?,21?,22-,24?,28-/m1/s1. The van der Waals surface area contributed by atoms with Crippen molar-refractivity contribution < 1.29 is 38.9 Å². The molecular formula is C28H33N3O8. The number of benzene rings is 1. The second kappa shape index (κ2) is 9.37. The van der Waals surface area contributed by atoms with E-state index >= 15 is 0 Å². The van der Waals surface area contributed by atoms with E-state index in [2.05, 4.69) is 0 Å². The van der Waals surface area contributed by atoms with Crippen molar-refractivity contribution >= 4 is 23.3 Å². The van der Waals surface area contributed by atoms with Crippen LogP contribution in [0.1, 0.15) is 28.1 Å². The van der Waals surface area contributed by atoms with E-state index in [4.69, 9.17) is 10.2 Å². The second-order valence-corrected chi connectivity index (χ2v) is 11.5. The summed E-state index contributed by atoms with van der Waals surface area (Å²) in [6.45, 7) is 0.563. The molecule has 3 aliphatic rings. The van der Waals surface area contributed by atoms with Gasteiger partial charge in [0.2, 0.25) is 5.91 Å². The Bertz CT molecular complexity index is 1380. The topological polar surface area (TPSA) is 175 Å². The van der Waals surface area contributed by atoms with Crippen molar-refractivity contribution in [2.75, 3.05) is 28.2 Å². The predicted molar refractivity (Wildman–Crippen MR) is 137 cm³/mol. The SMILES string of the molecule is CN(C)Cc1ccc(-c2ccc(O)c3c2C[C@@H]2C[C@@H]4[C@@H](N(C)C)C(O)C(C(N)=O)C(=O)[C@]4(O)C(=O)C2C3=O)o1. The Morgan fingerprint density at radius 1 is 1.10 bits per heavy atom. The molecule has 2 aromatic rings. The highest BCUT2D eigenvalue weighted by Crippen LogP contribution is 2.52. The van der Waals surface area contributed by atoms with Crippen molar-refractivity contribution in [2.45, 2.75) is 37.1 Å². The number of phenolic OH excluding ortho intramolecular Hbond substituents is 1. The van der Waals surface area contributed by atoms with Crippen molar-refractivity contribution in [1.82, 2.24) is 9.80 Å². The monoisotopic (exact) mass is 539 g/mol. The van der Waals surface area contributed by atoms with Gasteiger partial charge in [-0.1, -0.05) is 0 Å². The van der Waals surface area contributed by atoms with Gasteiger partial charge in [-0.25, -0.2) is 0 Å². The highest BCUT2D eigenvalue weighted by molar-refractivity contribution is 6.25. The molecule has 0 saturated heterocycles. The molecule has 5 N–H and O–H groups in total. The number of nitrogens with two attached hydrogens (primary N) is 1. The van der Waals surface area contributed by atoms with Crippen LogP contribution >= 0.6 is 0 Å². The van der Waals surface area contributed by atoms with Crippen LogP contribution in [0.15, 0.2) is 28.7 Å². The fourth-order valence-electron chi connectivity index (χ4n) is 6.97. The van der Waals surface area contributed by atoms with Crippen molar-refractivity contribution in [3.8, 4) is 17.1 Å². The summed E-state index contributed by atoms with van der Waals surface area (Å²) in [7, 11) is 7.03. The molecule has 1 aromatic heterocycles. The van der Waals surface area contributed by atoms with E-state index in [0.717, 1.165) is 0 Å². The number of amides is 1. The number of Topliss-reactive ketones (excluding diaryl/α,β-unsaturated/α-hetero) is 3. The van der Waals surface area contributed by atoms with Crippen LogP contribution < -0.4 is 5.73 Å². The number of aliphatic hydroxyl groups excluding tert-OH is 1. The zero-order valence-electron chi connectivity index (χ0n) is 22.2. The van der Waals surface area contributed by atoms with E-state index in [9.17, 15) is 34.5 Å². The number of likely N-dealkylation sites (N-methyl/N-ethyl adjacent to an activating group) is 1. The number of carbonyl (C=O) groups is 4. The maximum Gasteiger partial charge on any atom is 0.230 e. The molecule has 3 aliphatic carbocycles. The molecule has 2 fully saturated rings. The van der Waals surface area contributed by atoms with Crippen LogP contribution in [0.3, 0.4) is 0 Å². The summed E-state index contributed by atoms with van der Waals surface area (Å²) in [5, 5.41) is 33.4. The molecule has 7 atom stereocenters. The van der Waals surface area contributed by atoms with Crippen molar-refractivity contribution in [3.63, 3.8) is 0 Å². The third-order valence-electron chi connectivity index (χ3n) is 8.57. The van der Waals surface area contributed by atoms with Gasteiger partial charge in [0.15, 0.2) is 23.0 Å². The second-order valence-electron chi connectivity index (χ2n) is 11.5. The normalized spacial score (nSPS) is 32.3. The minimum Gasteiger partial charge on any atom is -0.507 e.